The average molecular weight is 371 g/mol. The molecular formula is C20H29N5O2. The first-order valence-corrected chi connectivity index (χ1v) is 9.30. The van der Waals surface area contributed by atoms with Crippen molar-refractivity contribution in [1.29, 1.82) is 0 Å². The van der Waals surface area contributed by atoms with Crippen molar-refractivity contribution in [3.8, 4) is 11.5 Å². The molecule has 2 N–H and O–H groups in total. The van der Waals surface area contributed by atoms with Gasteiger partial charge in [-0.15, -0.1) is 0 Å². The molecule has 7 heteroatoms. The van der Waals surface area contributed by atoms with Crippen molar-refractivity contribution >= 4 is 17.5 Å². The number of likely N-dealkylation sites (tertiary alicyclic amines) is 1. The maximum absolute atomic E-state index is 6.14. The lowest BCUT2D eigenvalue weighted by Gasteiger charge is -2.37. The zero-order valence-corrected chi connectivity index (χ0v) is 16.6. The fraction of sp³-hybridized carbons (Fsp3) is 0.500. The van der Waals surface area contributed by atoms with E-state index in [9.17, 15) is 0 Å². The highest BCUT2D eigenvalue weighted by Gasteiger charge is 2.26. The summed E-state index contributed by atoms with van der Waals surface area (Å²) in [7, 11) is 3.48. The molecule has 0 amide bonds. The average Bonchev–Trinajstić information content (AvgIpc) is 2.64. The zero-order chi connectivity index (χ0) is 19.3. The molecule has 3 rings (SSSR count). The van der Waals surface area contributed by atoms with E-state index in [1.807, 2.05) is 31.3 Å². The van der Waals surface area contributed by atoms with Crippen molar-refractivity contribution in [3.05, 3.63) is 30.5 Å². The van der Waals surface area contributed by atoms with E-state index in [2.05, 4.69) is 39.3 Å². The summed E-state index contributed by atoms with van der Waals surface area (Å²) in [6.45, 7) is 8.51. The van der Waals surface area contributed by atoms with Gasteiger partial charge in [0.05, 0.1) is 13.7 Å². The van der Waals surface area contributed by atoms with Crippen molar-refractivity contribution in [3.63, 3.8) is 0 Å². The number of rotatable bonds is 9. The van der Waals surface area contributed by atoms with Crippen LogP contribution in [0.1, 0.15) is 20.3 Å². The van der Waals surface area contributed by atoms with E-state index >= 15 is 0 Å². The summed E-state index contributed by atoms with van der Waals surface area (Å²) in [6.07, 6.45) is 3.01. The van der Waals surface area contributed by atoms with Crippen LogP contribution in [0.3, 0.4) is 0 Å². The lowest BCUT2D eigenvalue weighted by atomic mass is 9.92. The van der Waals surface area contributed by atoms with Gasteiger partial charge in [0.1, 0.15) is 5.82 Å². The molecule has 0 spiro atoms. The maximum Gasteiger partial charge on any atom is 0.229 e. The van der Waals surface area contributed by atoms with Gasteiger partial charge in [0.25, 0.3) is 0 Å². The number of ether oxygens (including phenoxy) is 2. The predicted molar refractivity (Wildman–Crippen MR) is 108 cm³/mol. The summed E-state index contributed by atoms with van der Waals surface area (Å²) >= 11 is 0. The number of hydrogen-bond donors (Lipinski definition) is 2. The summed E-state index contributed by atoms with van der Waals surface area (Å²) in [5.74, 6) is 2.70. The van der Waals surface area contributed by atoms with Gasteiger partial charge in [-0.25, -0.2) is 4.98 Å². The summed E-state index contributed by atoms with van der Waals surface area (Å²) < 4.78 is 11.6. The molecule has 0 radical (unpaired) electrons. The first-order valence-electron chi connectivity index (χ1n) is 9.30. The Balaban J connectivity index is 1.69. The van der Waals surface area contributed by atoms with Gasteiger partial charge in [0.15, 0.2) is 11.5 Å². The fourth-order valence-electron chi connectivity index (χ4n) is 3.02. The molecule has 27 heavy (non-hydrogen) atoms. The van der Waals surface area contributed by atoms with Gasteiger partial charge < -0.3 is 25.0 Å². The molecule has 2 heterocycles. The molecule has 0 atom stereocenters. The van der Waals surface area contributed by atoms with Crippen LogP contribution < -0.4 is 20.1 Å². The lowest BCUT2D eigenvalue weighted by molar-refractivity contribution is 0.0785. The number of anilines is 3. The molecule has 0 aliphatic carbocycles. The summed E-state index contributed by atoms with van der Waals surface area (Å²) in [6, 6.07) is 7.55. The largest absolute Gasteiger partial charge is 0.493 e. The second kappa shape index (κ2) is 8.43. The van der Waals surface area contributed by atoms with E-state index in [0.717, 1.165) is 18.1 Å². The van der Waals surface area contributed by atoms with Crippen molar-refractivity contribution in [2.24, 2.45) is 5.41 Å². The number of aromatic nitrogens is 2. The highest BCUT2D eigenvalue weighted by atomic mass is 16.5. The Kier molecular flexibility index (Phi) is 6.01. The minimum Gasteiger partial charge on any atom is -0.493 e. The lowest BCUT2D eigenvalue weighted by Crippen LogP contribution is -2.45. The van der Waals surface area contributed by atoms with E-state index in [4.69, 9.17) is 9.47 Å². The molecule has 7 nitrogen and oxygen atoms in total. The van der Waals surface area contributed by atoms with Crippen molar-refractivity contribution in [2.75, 3.05) is 51.0 Å². The zero-order valence-electron chi connectivity index (χ0n) is 16.6. The van der Waals surface area contributed by atoms with Crippen LogP contribution in [0.25, 0.3) is 0 Å². The Morgan fingerprint density at radius 1 is 1.19 bits per heavy atom. The number of nitrogens with one attached hydrogen (secondary N) is 2. The molecule has 146 valence electrons. The highest BCUT2D eigenvalue weighted by Crippen LogP contribution is 2.33. The van der Waals surface area contributed by atoms with Crippen LogP contribution in [0, 0.1) is 5.41 Å². The third-order valence-corrected chi connectivity index (χ3v) is 4.55. The van der Waals surface area contributed by atoms with Crippen LogP contribution in [-0.4, -0.2) is 55.3 Å². The number of benzene rings is 1. The monoisotopic (exact) mass is 371 g/mol. The molecule has 0 bridgehead atoms. The van der Waals surface area contributed by atoms with E-state index < -0.39 is 0 Å². The van der Waals surface area contributed by atoms with E-state index in [1.165, 1.54) is 19.5 Å². The number of nitrogens with zero attached hydrogens (tertiary/aromatic N) is 3. The first-order chi connectivity index (χ1) is 13.0. The van der Waals surface area contributed by atoms with Crippen molar-refractivity contribution in [2.45, 2.75) is 20.3 Å². The van der Waals surface area contributed by atoms with Crippen molar-refractivity contribution in [1.82, 2.24) is 14.9 Å². The summed E-state index contributed by atoms with van der Waals surface area (Å²) in [5.41, 5.74) is 0.915. The molecule has 0 saturated carbocycles. The molecule has 1 aliphatic heterocycles. The van der Waals surface area contributed by atoms with Gasteiger partial charge in [-0.1, -0.05) is 13.8 Å². The van der Waals surface area contributed by atoms with Crippen LogP contribution in [0.4, 0.5) is 17.5 Å². The van der Waals surface area contributed by atoms with Crippen LogP contribution >= 0.6 is 0 Å². The van der Waals surface area contributed by atoms with Gasteiger partial charge >= 0.3 is 0 Å². The standard InChI is InChI=1S/C20H29N5O2/c1-20(2,13-25-10-5-11-25)14-27-17-12-15(6-7-16(17)26-4)23-19-22-9-8-18(21-3)24-19/h6-9,12H,5,10-11,13-14H2,1-4H3,(H2,21,22,23,24). The topological polar surface area (TPSA) is 71.5 Å². The van der Waals surface area contributed by atoms with E-state index in [0.29, 0.717) is 24.1 Å². The van der Waals surface area contributed by atoms with Crippen LogP contribution in [0.2, 0.25) is 0 Å². The molecule has 1 saturated heterocycles. The van der Waals surface area contributed by atoms with E-state index in [1.54, 1.807) is 13.3 Å². The number of hydrogen-bond acceptors (Lipinski definition) is 7. The second-order valence-electron chi connectivity index (χ2n) is 7.59. The van der Waals surface area contributed by atoms with Gasteiger partial charge in [-0.3, -0.25) is 0 Å². The van der Waals surface area contributed by atoms with Gasteiger partial charge in [0, 0.05) is 37.0 Å². The SMILES string of the molecule is CNc1ccnc(Nc2ccc(OC)c(OCC(C)(C)CN3CCC3)c2)n1. The smallest absolute Gasteiger partial charge is 0.229 e. The predicted octanol–water partition coefficient (Wildman–Crippen LogP) is 3.38. The molecule has 1 aromatic heterocycles. The molecule has 2 aromatic rings. The third kappa shape index (κ3) is 5.23. The third-order valence-electron chi connectivity index (χ3n) is 4.55. The Morgan fingerprint density at radius 3 is 2.67 bits per heavy atom. The van der Waals surface area contributed by atoms with Gasteiger partial charge in [-0.05, 0) is 37.7 Å². The van der Waals surface area contributed by atoms with Gasteiger partial charge in [0.2, 0.25) is 5.95 Å². The molecule has 1 fully saturated rings. The Labute approximate surface area is 161 Å². The fourth-order valence-corrected chi connectivity index (χ4v) is 3.02. The normalized spacial score (nSPS) is 14.4. The molecule has 1 aromatic carbocycles. The van der Waals surface area contributed by atoms with E-state index in [-0.39, 0.29) is 5.41 Å². The van der Waals surface area contributed by atoms with Crippen LogP contribution in [0.15, 0.2) is 30.5 Å². The number of methoxy groups -OCH3 is 1. The second-order valence-corrected chi connectivity index (χ2v) is 7.59. The van der Waals surface area contributed by atoms with Crippen LogP contribution in [-0.2, 0) is 0 Å². The quantitative estimate of drug-likeness (QED) is 0.700. The van der Waals surface area contributed by atoms with Crippen molar-refractivity contribution < 1.29 is 9.47 Å². The molecule has 0 unspecified atom stereocenters. The summed E-state index contributed by atoms with van der Waals surface area (Å²) in [5, 5.41) is 6.22. The van der Waals surface area contributed by atoms with Gasteiger partial charge in [-0.2, -0.15) is 4.98 Å². The first kappa shape index (κ1) is 19.2. The maximum atomic E-state index is 6.14. The Bertz CT molecular complexity index is 762. The van der Waals surface area contributed by atoms with Crippen LogP contribution in [0.5, 0.6) is 11.5 Å². The minimum atomic E-state index is 0.0686. The Hall–Kier alpha value is -2.54. The molecular weight excluding hydrogens is 342 g/mol. The summed E-state index contributed by atoms with van der Waals surface area (Å²) in [4.78, 5) is 11.1. The highest BCUT2D eigenvalue weighted by molar-refractivity contribution is 5.60. The minimum absolute atomic E-state index is 0.0686. The Morgan fingerprint density at radius 2 is 2.00 bits per heavy atom. The molecule has 1 aliphatic rings.